The summed E-state index contributed by atoms with van der Waals surface area (Å²) in [6.45, 7) is 0.964. The van der Waals surface area contributed by atoms with E-state index in [4.69, 9.17) is 5.10 Å². The van der Waals surface area contributed by atoms with Crippen molar-refractivity contribution in [2.75, 3.05) is 11.9 Å². The Bertz CT molecular complexity index is 1080. The second-order valence-corrected chi connectivity index (χ2v) is 8.25. The molecule has 0 radical (unpaired) electrons. The summed E-state index contributed by atoms with van der Waals surface area (Å²) in [5.41, 5.74) is 6.25. The first-order valence-electron chi connectivity index (χ1n) is 10.0. The van der Waals surface area contributed by atoms with E-state index in [0.717, 1.165) is 35.4 Å². The molecule has 3 aromatic carbocycles. The van der Waals surface area contributed by atoms with Gasteiger partial charge in [0, 0.05) is 28.9 Å². The van der Waals surface area contributed by atoms with Crippen molar-refractivity contribution >= 4 is 21.7 Å². The average Bonchev–Trinajstić information content (AvgIpc) is 3.37. The first kappa shape index (κ1) is 18.2. The zero-order chi connectivity index (χ0) is 19.6. The van der Waals surface area contributed by atoms with Crippen LogP contribution in [-0.4, -0.2) is 16.3 Å². The van der Waals surface area contributed by atoms with Gasteiger partial charge in [0.05, 0.1) is 11.4 Å². The van der Waals surface area contributed by atoms with E-state index in [1.54, 1.807) is 0 Å². The van der Waals surface area contributed by atoms with Crippen molar-refractivity contribution in [2.24, 2.45) is 0 Å². The van der Waals surface area contributed by atoms with Gasteiger partial charge in [-0.2, -0.15) is 5.10 Å². The second-order valence-electron chi connectivity index (χ2n) is 7.39. The summed E-state index contributed by atoms with van der Waals surface area (Å²) in [5.74, 6) is 1.41. The Morgan fingerprint density at radius 2 is 1.48 bits per heavy atom. The fourth-order valence-electron chi connectivity index (χ4n) is 4.20. The lowest BCUT2D eigenvalue weighted by Gasteiger charge is -2.17. The van der Waals surface area contributed by atoms with E-state index in [9.17, 15) is 0 Å². The van der Waals surface area contributed by atoms with Crippen molar-refractivity contribution in [3.63, 3.8) is 0 Å². The molecule has 0 atom stereocenters. The van der Waals surface area contributed by atoms with Crippen molar-refractivity contribution in [1.29, 1.82) is 0 Å². The molecule has 3 nitrogen and oxygen atoms in total. The minimum atomic E-state index is 0.282. The number of aromatic nitrogens is 2. The molecule has 29 heavy (non-hydrogen) atoms. The van der Waals surface area contributed by atoms with E-state index in [1.165, 1.54) is 22.4 Å². The quantitative estimate of drug-likeness (QED) is 0.411. The lowest BCUT2D eigenvalue weighted by Crippen LogP contribution is -2.09. The van der Waals surface area contributed by atoms with E-state index >= 15 is 0 Å². The smallest absolute Gasteiger partial charge is 0.133 e. The SMILES string of the molecule is Brc1ccccc1-n1nc(CC(c2ccccc2)c2ccccc2)c2c1NCC2. The number of halogens is 1. The Kier molecular flexibility index (Phi) is 4.94. The lowest BCUT2D eigenvalue weighted by molar-refractivity contribution is 0.744. The standard InChI is InChI=1S/C25H22BrN3/c26-22-13-7-8-14-24(22)29-25-20(15-16-27-25)23(28-29)17-21(18-9-3-1-4-10-18)19-11-5-2-6-12-19/h1-14,21,27H,15-17H2. The van der Waals surface area contributed by atoms with E-state index < -0.39 is 0 Å². The third-order valence-corrected chi connectivity index (χ3v) is 6.29. The van der Waals surface area contributed by atoms with Gasteiger partial charge in [-0.3, -0.25) is 0 Å². The molecule has 4 heteroatoms. The van der Waals surface area contributed by atoms with Gasteiger partial charge in [-0.05, 0) is 45.6 Å². The molecule has 1 N–H and O–H groups in total. The fraction of sp³-hybridized carbons (Fsp3) is 0.160. The van der Waals surface area contributed by atoms with Gasteiger partial charge in [-0.15, -0.1) is 0 Å². The number of hydrogen-bond acceptors (Lipinski definition) is 2. The Morgan fingerprint density at radius 3 is 2.14 bits per heavy atom. The third kappa shape index (κ3) is 3.49. The maximum atomic E-state index is 5.08. The Labute approximate surface area is 179 Å². The minimum Gasteiger partial charge on any atom is -0.369 e. The van der Waals surface area contributed by atoms with Crippen LogP contribution in [0.3, 0.4) is 0 Å². The van der Waals surface area contributed by atoms with E-state index in [-0.39, 0.29) is 5.92 Å². The first-order valence-corrected chi connectivity index (χ1v) is 10.8. The Hall–Kier alpha value is -2.85. The van der Waals surface area contributed by atoms with Gasteiger partial charge in [0.2, 0.25) is 0 Å². The number of anilines is 1. The number of rotatable bonds is 5. The molecule has 0 spiro atoms. The van der Waals surface area contributed by atoms with E-state index in [0.29, 0.717) is 0 Å². The van der Waals surface area contributed by atoms with Crippen LogP contribution >= 0.6 is 15.9 Å². The predicted molar refractivity (Wildman–Crippen MR) is 122 cm³/mol. The van der Waals surface area contributed by atoms with Gasteiger partial charge in [-0.1, -0.05) is 72.8 Å². The molecule has 0 amide bonds. The zero-order valence-electron chi connectivity index (χ0n) is 16.1. The number of hydrogen-bond donors (Lipinski definition) is 1. The summed E-state index contributed by atoms with van der Waals surface area (Å²) < 4.78 is 3.11. The zero-order valence-corrected chi connectivity index (χ0v) is 17.6. The molecule has 0 saturated heterocycles. The molecule has 1 aliphatic heterocycles. The molecule has 1 aliphatic rings. The number of nitrogens with one attached hydrogen (secondary N) is 1. The Balaban J connectivity index is 1.59. The van der Waals surface area contributed by atoms with Crippen LogP contribution in [0.5, 0.6) is 0 Å². The summed E-state index contributed by atoms with van der Waals surface area (Å²) in [4.78, 5) is 0. The van der Waals surface area contributed by atoms with Crippen LogP contribution in [0.1, 0.15) is 28.3 Å². The number of benzene rings is 3. The van der Waals surface area contributed by atoms with Crippen LogP contribution < -0.4 is 5.32 Å². The number of nitrogens with zero attached hydrogens (tertiary/aromatic N) is 2. The number of para-hydroxylation sites is 1. The molecule has 1 aromatic heterocycles. The highest BCUT2D eigenvalue weighted by Gasteiger charge is 2.26. The summed E-state index contributed by atoms with van der Waals surface area (Å²) in [6.07, 6.45) is 1.90. The van der Waals surface area contributed by atoms with Crippen LogP contribution in [0.2, 0.25) is 0 Å². The molecule has 144 valence electrons. The predicted octanol–water partition coefficient (Wildman–Crippen LogP) is 5.98. The van der Waals surface area contributed by atoms with Crippen LogP contribution in [0.25, 0.3) is 5.69 Å². The highest BCUT2D eigenvalue weighted by atomic mass is 79.9. The molecule has 5 rings (SSSR count). The molecular formula is C25H22BrN3. The first-order chi connectivity index (χ1) is 14.3. The fourth-order valence-corrected chi connectivity index (χ4v) is 4.65. The van der Waals surface area contributed by atoms with Gasteiger partial charge >= 0.3 is 0 Å². The van der Waals surface area contributed by atoms with Crippen LogP contribution in [0, 0.1) is 0 Å². The highest BCUT2D eigenvalue weighted by molar-refractivity contribution is 9.10. The molecule has 4 aromatic rings. The van der Waals surface area contributed by atoms with E-state index in [2.05, 4.69) is 105 Å². The average molecular weight is 444 g/mol. The summed E-state index contributed by atoms with van der Waals surface area (Å²) in [5, 5.41) is 8.63. The minimum absolute atomic E-state index is 0.282. The van der Waals surface area contributed by atoms with Gasteiger partial charge in [0.15, 0.2) is 0 Å². The topological polar surface area (TPSA) is 29.9 Å². The molecule has 0 bridgehead atoms. The van der Waals surface area contributed by atoms with Crippen molar-refractivity contribution < 1.29 is 0 Å². The molecular weight excluding hydrogens is 422 g/mol. The molecule has 0 saturated carbocycles. The normalized spacial score (nSPS) is 12.8. The van der Waals surface area contributed by atoms with Crippen molar-refractivity contribution in [1.82, 2.24) is 9.78 Å². The monoisotopic (exact) mass is 443 g/mol. The number of fused-ring (bicyclic) bond motifs is 1. The summed E-state index contributed by atoms with van der Waals surface area (Å²) >= 11 is 3.69. The van der Waals surface area contributed by atoms with Crippen LogP contribution in [-0.2, 0) is 12.8 Å². The van der Waals surface area contributed by atoms with Gasteiger partial charge in [-0.25, -0.2) is 4.68 Å². The maximum absolute atomic E-state index is 5.08. The molecule has 0 unspecified atom stereocenters. The molecule has 0 aliphatic carbocycles. The van der Waals surface area contributed by atoms with Crippen molar-refractivity contribution in [3.05, 3.63) is 112 Å². The van der Waals surface area contributed by atoms with Gasteiger partial charge in [0.1, 0.15) is 5.82 Å². The summed E-state index contributed by atoms with van der Waals surface area (Å²) in [7, 11) is 0. The molecule has 2 heterocycles. The maximum Gasteiger partial charge on any atom is 0.133 e. The summed E-state index contributed by atoms with van der Waals surface area (Å²) in [6, 6.07) is 29.8. The van der Waals surface area contributed by atoms with E-state index in [1.807, 2.05) is 6.07 Å². The van der Waals surface area contributed by atoms with Crippen molar-refractivity contribution in [2.45, 2.75) is 18.8 Å². The van der Waals surface area contributed by atoms with Crippen molar-refractivity contribution in [3.8, 4) is 5.69 Å². The largest absolute Gasteiger partial charge is 0.369 e. The van der Waals surface area contributed by atoms with Gasteiger partial charge in [0.25, 0.3) is 0 Å². The second kappa shape index (κ2) is 7.88. The molecule has 0 fully saturated rings. The third-order valence-electron chi connectivity index (χ3n) is 5.62. The highest BCUT2D eigenvalue weighted by Crippen LogP contribution is 2.35. The Morgan fingerprint density at radius 1 is 0.862 bits per heavy atom. The van der Waals surface area contributed by atoms with Crippen LogP contribution in [0.15, 0.2) is 89.4 Å². The van der Waals surface area contributed by atoms with Gasteiger partial charge < -0.3 is 5.32 Å². The lowest BCUT2D eigenvalue weighted by atomic mass is 9.86. The van der Waals surface area contributed by atoms with Crippen LogP contribution in [0.4, 0.5) is 5.82 Å².